The number of aliphatic hydroxyl groups is 1. The number of benzene rings is 1. The molecule has 3 aliphatic rings. The number of hydrogen-bond acceptors (Lipinski definition) is 4. The van der Waals surface area contributed by atoms with E-state index in [-0.39, 0.29) is 23.0 Å². The van der Waals surface area contributed by atoms with Gasteiger partial charge < -0.3 is 19.5 Å². The number of halogens is 1. The van der Waals surface area contributed by atoms with Gasteiger partial charge in [0.2, 0.25) is 0 Å². The third-order valence-corrected chi connectivity index (χ3v) is 7.83. The van der Waals surface area contributed by atoms with Crippen molar-refractivity contribution in [3.63, 3.8) is 0 Å². The zero-order chi connectivity index (χ0) is 20.9. The second-order valence-electron chi connectivity index (χ2n) is 9.88. The van der Waals surface area contributed by atoms with Gasteiger partial charge in [-0.05, 0) is 82.6 Å². The van der Waals surface area contributed by atoms with Crippen LogP contribution in [0, 0.1) is 5.41 Å². The molecule has 1 aromatic carbocycles. The largest absolute Gasteiger partial charge is 0.390 e. The van der Waals surface area contributed by atoms with Gasteiger partial charge in [-0.25, -0.2) is 0 Å². The van der Waals surface area contributed by atoms with Crippen molar-refractivity contribution in [3.8, 4) is 0 Å². The summed E-state index contributed by atoms with van der Waals surface area (Å²) < 4.78 is 13.7. The van der Waals surface area contributed by atoms with E-state index in [0.29, 0.717) is 0 Å². The molecule has 0 bridgehead atoms. The summed E-state index contributed by atoms with van der Waals surface area (Å²) in [5, 5.41) is 10.2. The molecular weight excluding hydrogens is 434 g/mol. The molecule has 3 heterocycles. The molecule has 4 rings (SSSR count). The van der Waals surface area contributed by atoms with Gasteiger partial charge in [0.15, 0.2) is 0 Å². The zero-order valence-electron chi connectivity index (χ0n) is 17.6. The van der Waals surface area contributed by atoms with E-state index in [1.54, 1.807) is 0 Å². The summed E-state index contributed by atoms with van der Waals surface area (Å²) >= 11 is 3.42. The Labute approximate surface area is 181 Å². The van der Waals surface area contributed by atoms with Gasteiger partial charge >= 0.3 is 0 Å². The fourth-order valence-corrected chi connectivity index (χ4v) is 5.47. The van der Waals surface area contributed by atoms with Crippen LogP contribution in [0.25, 0.3) is 0 Å². The van der Waals surface area contributed by atoms with E-state index < -0.39 is 11.7 Å². The fraction of sp³-hybridized carbons (Fsp3) is 0.696. The van der Waals surface area contributed by atoms with Crippen LogP contribution in [0.3, 0.4) is 0 Å². The lowest BCUT2D eigenvalue weighted by atomic mass is 9.73. The van der Waals surface area contributed by atoms with Gasteiger partial charge in [-0.1, -0.05) is 15.9 Å². The molecule has 1 spiro atoms. The summed E-state index contributed by atoms with van der Waals surface area (Å²) in [5.41, 5.74) is -0.0368. The SMILES string of the molecule is CC1(C)O[C@](C)([C@@H]2CC3(CCN(C(=O)c4ccc(Br)cc4)CC3)CO2)CC[C@H]1O. The number of nitrogens with zero attached hydrogens (tertiary/aromatic N) is 1. The Kier molecular flexibility index (Phi) is 5.60. The van der Waals surface area contributed by atoms with Crippen LogP contribution >= 0.6 is 15.9 Å². The molecule has 29 heavy (non-hydrogen) atoms. The first-order valence-corrected chi connectivity index (χ1v) is 11.5. The second-order valence-corrected chi connectivity index (χ2v) is 10.8. The number of aliphatic hydroxyl groups excluding tert-OH is 1. The number of ether oxygens (including phenoxy) is 2. The molecule has 0 radical (unpaired) electrons. The van der Waals surface area contributed by atoms with E-state index in [1.807, 2.05) is 43.0 Å². The number of hydrogen-bond donors (Lipinski definition) is 1. The molecule has 0 aromatic heterocycles. The van der Waals surface area contributed by atoms with E-state index in [4.69, 9.17) is 9.47 Å². The lowest BCUT2D eigenvalue weighted by Gasteiger charge is -2.48. The monoisotopic (exact) mass is 465 g/mol. The molecule has 0 aliphatic carbocycles. The fourth-order valence-electron chi connectivity index (χ4n) is 5.21. The van der Waals surface area contributed by atoms with Crippen LogP contribution in [-0.2, 0) is 9.47 Å². The van der Waals surface area contributed by atoms with Crippen molar-refractivity contribution in [1.82, 2.24) is 4.90 Å². The molecule has 3 atom stereocenters. The van der Waals surface area contributed by atoms with Crippen LogP contribution in [0.2, 0.25) is 0 Å². The standard InChI is InChI=1S/C23H32BrNO4/c1-21(2)18(26)8-9-22(3,29-21)19-14-23(15-28-19)10-12-25(13-11-23)20(27)16-4-6-17(24)7-5-16/h4-7,18-19,26H,8-15H2,1-3H3/t18-,19+,22+/m1/s1. The van der Waals surface area contributed by atoms with E-state index >= 15 is 0 Å². The molecule has 1 aromatic rings. The minimum atomic E-state index is -0.549. The molecule has 160 valence electrons. The lowest BCUT2D eigenvalue weighted by molar-refractivity contribution is -0.245. The number of likely N-dealkylation sites (tertiary alicyclic amines) is 1. The Morgan fingerprint density at radius 2 is 1.79 bits per heavy atom. The maximum Gasteiger partial charge on any atom is 0.253 e. The lowest BCUT2D eigenvalue weighted by Crippen LogP contribution is -2.56. The zero-order valence-corrected chi connectivity index (χ0v) is 19.2. The third-order valence-electron chi connectivity index (χ3n) is 7.31. The third kappa shape index (κ3) is 4.14. The van der Waals surface area contributed by atoms with E-state index in [1.165, 1.54) is 0 Å². The van der Waals surface area contributed by atoms with Gasteiger partial charge in [-0.2, -0.15) is 0 Å². The van der Waals surface area contributed by atoms with Gasteiger partial charge in [0.25, 0.3) is 5.91 Å². The van der Waals surface area contributed by atoms with E-state index in [2.05, 4.69) is 22.9 Å². The van der Waals surface area contributed by atoms with Crippen LogP contribution in [-0.4, -0.2) is 59.0 Å². The molecule has 1 amide bonds. The number of piperidine rings is 1. The van der Waals surface area contributed by atoms with Crippen LogP contribution < -0.4 is 0 Å². The summed E-state index contributed by atoms with van der Waals surface area (Å²) in [7, 11) is 0. The molecule has 3 aliphatic heterocycles. The maximum absolute atomic E-state index is 12.8. The van der Waals surface area contributed by atoms with Crippen molar-refractivity contribution in [2.45, 2.75) is 76.3 Å². The van der Waals surface area contributed by atoms with Gasteiger partial charge in [0, 0.05) is 23.1 Å². The molecule has 6 heteroatoms. The molecule has 1 N–H and O–H groups in total. The molecule has 0 saturated carbocycles. The number of amides is 1. The molecule has 0 unspecified atom stereocenters. The average molecular weight is 466 g/mol. The van der Waals surface area contributed by atoms with Crippen molar-refractivity contribution >= 4 is 21.8 Å². The summed E-state index contributed by atoms with van der Waals surface area (Å²) in [5.74, 6) is 0.112. The first-order chi connectivity index (χ1) is 13.6. The van der Waals surface area contributed by atoms with Gasteiger partial charge in [0.1, 0.15) is 0 Å². The van der Waals surface area contributed by atoms with Crippen molar-refractivity contribution < 1.29 is 19.4 Å². The number of carbonyl (C=O) groups is 1. The normalized spacial score (nSPS) is 33.8. The first kappa shape index (κ1) is 21.3. The molecular formula is C23H32BrNO4. The molecule has 5 nitrogen and oxygen atoms in total. The van der Waals surface area contributed by atoms with Crippen molar-refractivity contribution in [2.24, 2.45) is 5.41 Å². The smallest absolute Gasteiger partial charge is 0.253 e. The highest BCUT2D eigenvalue weighted by Gasteiger charge is 2.53. The molecule has 3 saturated heterocycles. The number of carbonyl (C=O) groups excluding carboxylic acids is 1. The quantitative estimate of drug-likeness (QED) is 0.711. The maximum atomic E-state index is 12.8. The van der Waals surface area contributed by atoms with Crippen LogP contribution in [0.5, 0.6) is 0 Å². The highest BCUT2D eigenvalue weighted by molar-refractivity contribution is 9.10. The summed E-state index contributed by atoms with van der Waals surface area (Å²) in [4.78, 5) is 14.8. The Morgan fingerprint density at radius 1 is 1.14 bits per heavy atom. The minimum Gasteiger partial charge on any atom is -0.390 e. The van der Waals surface area contributed by atoms with Crippen LogP contribution in [0.4, 0.5) is 0 Å². The van der Waals surface area contributed by atoms with Crippen LogP contribution in [0.15, 0.2) is 28.7 Å². The first-order valence-electron chi connectivity index (χ1n) is 10.7. The Balaban J connectivity index is 1.37. The Morgan fingerprint density at radius 3 is 2.41 bits per heavy atom. The van der Waals surface area contributed by atoms with Crippen LogP contribution in [0.1, 0.15) is 63.2 Å². The van der Waals surface area contributed by atoms with Crippen molar-refractivity contribution in [1.29, 1.82) is 0 Å². The Bertz CT molecular complexity index is 757. The topological polar surface area (TPSA) is 59.0 Å². The minimum absolute atomic E-state index is 0.0444. The Hall–Kier alpha value is -0.950. The predicted molar refractivity (Wildman–Crippen MR) is 115 cm³/mol. The summed E-state index contributed by atoms with van der Waals surface area (Å²) in [6.07, 6.45) is 4.07. The van der Waals surface area contributed by atoms with Gasteiger partial charge in [0.05, 0.1) is 30.0 Å². The molecule has 3 fully saturated rings. The second kappa shape index (κ2) is 7.63. The van der Waals surface area contributed by atoms with E-state index in [9.17, 15) is 9.90 Å². The average Bonchev–Trinajstić information content (AvgIpc) is 3.10. The highest BCUT2D eigenvalue weighted by Crippen LogP contribution is 2.49. The van der Waals surface area contributed by atoms with E-state index in [0.717, 1.165) is 61.8 Å². The van der Waals surface area contributed by atoms with Crippen molar-refractivity contribution in [3.05, 3.63) is 34.3 Å². The highest BCUT2D eigenvalue weighted by atomic mass is 79.9. The van der Waals surface area contributed by atoms with Gasteiger partial charge in [-0.15, -0.1) is 0 Å². The summed E-state index contributed by atoms with van der Waals surface area (Å²) in [6, 6.07) is 7.58. The predicted octanol–water partition coefficient (Wildman–Crippen LogP) is 4.17. The van der Waals surface area contributed by atoms with Crippen molar-refractivity contribution in [2.75, 3.05) is 19.7 Å². The summed E-state index contributed by atoms with van der Waals surface area (Å²) in [6.45, 7) is 8.34. The number of rotatable bonds is 2. The van der Waals surface area contributed by atoms with Gasteiger partial charge in [-0.3, -0.25) is 4.79 Å².